The number of aliphatic hydroxyl groups is 2. The van der Waals surface area contributed by atoms with E-state index in [4.69, 9.17) is 15.2 Å². The molecule has 1 aliphatic heterocycles. The van der Waals surface area contributed by atoms with Gasteiger partial charge in [0, 0.05) is 19.6 Å². The van der Waals surface area contributed by atoms with Gasteiger partial charge in [0.15, 0.2) is 17.7 Å². The third kappa shape index (κ3) is 6.16. The Labute approximate surface area is 215 Å². The topological polar surface area (TPSA) is 161 Å². The number of nitrogens with one attached hydrogen (secondary N) is 1. The van der Waals surface area contributed by atoms with Crippen LogP contribution in [0.15, 0.2) is 36.9 Å². The quantitative estimate of drug-likeness (QED) is 0.344. The normalized spacial score (nSPS) is 22.0. The third-order valence-corrected chi connectivity index (χ3v) is 6.45. The van der Waals surface area contributed by atoms with Crippen molar-refractivity contribution in [2.75, 3.05) is 32.5 Å². The van der Waals surface area contributed by atoms with E-state index >= 15 is 0 Å². The van der Waals surface area contributed by atoms with Gasteiger partial charge in [0.05, 0.1) is 6.33 Å². The molecule has 4 rings (SSSR count). The number of hydrogen-bond acceptors (Lipinski definition) is 10. The number of anilines is 1. The standard InChI is InChI=1S/C25H35N7O5/c1-25(2,3)16-7-5-15(6-8-16)11-27-24(35)36-10-9-31(4)12-17-19(33)20(34)23(37-17)32-14-30-18-21(26)28-13-29-22(18)32/h5-8,13-14,17,19-20,23,33-34H,9-12H2,1-4H3,(H,27,35)(H2,26,28,29)/t17-,19-,20-,23?/m1/s1. The van der Waals surface area contributed by atoms with E-state index in [2.05, 4.69) is 53.2 Å². The SMILES string of the molecule is CN(CCOC(=O)NCc1ccc(C(C)(C)C)cc1)C[C@H]1OC(n2cnc3c(N)ncnc32)[C@H](O)[C@@H]1O. The van der Waals surface area contributed by atoms with Crippen molar-refractivity contribution in [2.24, 2.45) is 0 Å². The van der Waals surface area contributed by atoms with Crippen molar-refractivity contribution >= 4 is 23.1 Å². The molecule has 1 amide bonds. The molecule has 0 saturated carbocycles. The highest BCUT2D eigenvalue weighted by Crippen LogP contribution is 2.32. The molecule has 1 unspecified atom stereocenters. The molecule has 1 fully saturated rings. The molecular formula is C25H35N7O5. The first kappa shape index (κ1) is 26.7. The average molecular weight is 514 g/mol. The second kappa shape index (κ2) is 11.0. The number of hydrogen-bond donors (Lipinski definition) is 4. The number of amides is 1. The van der Waals surface area contributed by atoms with Crippen LogP contribution in [0.2, 0.25) is 0 Å². The lowest BCUT2D eigenvalue weighted by molar-refractivity contribution is -0.0429. The monoisotopic (exact) mass is 513 g/mol. The molecule has 12 nitrogen and oxygen atoms in total. The minimum absolute atomic E-state index is 0.0762. The third-order valence-electron chi connectivity index (χ3n) is 6.45. The van der Waals surface area contributed by atoms with Crippen LogP contribution >= 0.6 is 0 Å². The van der Waals surface area contributed by atoms with Gasteiger partial charge in [-0.3, -0.25) is 4.57 Å². The summed E-state index contributed by atoms with van der Waals surface area (Å²) in [5, 5.41) is 23.9. The first-order chi connectivity index (χ1) is 17.5. The Morgan fingerprint density at radius 2 is 1.92 bits per heavy atom. The summed E-state index contributed by atoms with van der Waals surface area (Å²) in [7, 11) is 1.81. The van der Waals surface area contributed by atoms with Crippen LogP contribution in [0.4, 0.5) is 10.6 Å². The maximum atomic E-state index is 12.1. The van der Waals surface area contributed by atoms with Crippen molar-refractivity contribution in [3.05, 3.63) is 48.0 Å². The molecule has 1 saturated heterocycles. The summed E-state index contributed by atoms with van der Waals surface area (Å²) in [6.07, 6.45) is -1.62. The maximum absolute atomic E-state index is 12.1. The number of benzene rings is 1. The summed E-state index contributed by atoms with van der Waals surface area (Å²) in [5.41, 5.74) is 8.93. The molecule has 12 heteroatoms. The predicted molar refractivity (Wildman–Crippen MR) is 136 cm³/mol. The molecule has 0 bridgehead atoms. The van der Waals surface area contributed by atoms with Gasteiger partial charge in [0.25, 0.3) is 0 Å². The number of alkyl carbamates (subject to hydrolysis) is 1. The van der Waals surface area contributed by atoms with E-state index < -0.39 is 30.6 Å². The summed E-state index contributed by atoms with van der Waals surface area (Å²) in [6, 6.07) is 8.13. The molecule has 3 heterocycles. The Balaban J connectivity index is 1.22. The summed E-state index contributed by atoms with van der Waals surface area (Å²) < 4.78 is 12.8. The Kier molecular flexibility index (Phi) is 7.93. The minimum Gasteiger partial charge on any atom is -0.448 e. The van der Waals surface area contributed by atoms with Gasteiger partial charge in [-0.1, -0.05) is 45.0 Å². The van der Waals surface area contributed by atoms with Crippen LogP contribution in [-0.4, -0.2) is 85.8 Å². The number of nitrogens with zero attached hydrogens (tertiary/aromatic N) is 5. The zero-order valence-corrected chi connectivity index (χ0v) is 21.5. The fraction of sp³-hybridized carbons (Fsp3) is 0.520. The fourth-order valence-electron chi connectivity index (χ4n) is 4.21. The molecule has 4 atom stereocenters. The van der Waals surface area contributed by atoms with E-state index in [9.17, 15) is 15.0 Å². The van der Waals surface area contributed by atoms with Crippen molar-refractivity contribution in [1.29, 1.82) is 0 Å². The molecule has 2 aromatic heterocycles. The molecule has 1 aliphatic rings. The molecule has 0 radical (unpaired) electrons. The fourth-order valence-corrected chi connectivity index (χ4v) is 4.21. The summed E-state index contributed by atoms with van der Waals surface area (Å²) >= 11 is 0. The predicted octanol–water partition coefficient (Wildman–Crippen LogP) is 1.18. The van der Waals surface area contributed by atoms with Gasteiger partial charge in [-0.25, -0.2) is 19.7 Å². The van der Waals surface area contributed by atoms with Crippen LogP contribution < -0.4 is 11.1 Å². The number of fused-ring (bicyclic) bond motifs is 1. The number of imidazole rings is 1. The lowest BCUT2D eigenvalue weighted by Gasteiger charge is -2.22. The van der Waals surface area contributed by atoms with Gasteiger partial charge in [0.1, 0.15) is 36.8 Å². The second-order valence-electron chi connectivity index (χ2n) is 10.3. The van der Waals surface area contributed by atoms with Crippen LogP contribution in [-0.2, 0) is 21.4 Å². The van der Waals surface area contributed by atoms with Gasteiger partial charge in [0.2, 0.25) is 0 Å². The van der Waals surface area contributed by atoms with Crippen LogP contribution in [0.3, 0.4) is 0 Å². The number of nitrogens with two attached hydrogens (primary N) is 1. The van der Waals surface area contributed by atoms with E-state index in [-0.39, 0.29) is 17.8 Å². The highest BCUT2D eigenvalue weighted by Gasteiger charge is 2.44. The highest BCUT2D eigenvalue weighted by molar-refractivity contribution is 5.81. The zero-order valence-electron chi connectivity index (χ0n) is 21.5. The number of rotatable bonds is 8. The summed E-state index contributed by atoms with van der Waals surface area (Å²) in [6.45, 7) is 7.72. The van der Waals surface area contributed by atoms with Crippen LogP contribution in [0.5, 0.6) is 0 Å². The van der Waals surface area contributed by atoms with Gasteiger partial charge in [-0.05, 0) is 23.6 Å². The number of ether oxygens (including phenoxy) is 2. The first-order valence-electron chi connectivity index (χ1n) is 12.2. The Morgan fingerprint density at radius 3 is 2.62 bits per heavy atom. The smallest absolute Gasteiger partial charge is 0.407 e. The van der Waals surface area contributed by atoms with Crippen molar-refractivity contribution in [3.8, 4) is 0 Å². The zero-order chi connectivity index (χ0) is 26.7. The van der Waals surface area contributed by atoms with Crippen LogP contribution in [0.1, 0.15) is 38.1 Å². The summed E-state index contributed by atoms with van der Waals surface area (Å²) in [5.74, 6) is 0.218. The van der Waals surface area contributed by atoms with Gasteiger partial charge < -0.3 is 35.6 Å². The van der Waals surface area contributed by atoms with E-state index in [0.717, 1.165) is 5.56 Å². The van der Waals surface area contributed by atoms with E-state index in [0.29, 0.717) is 30.8 Å². The molecule has 37 heavy (non-hydrogen) atoms. The second-order valence-corrected chi connectivity index (χ2v) is 10.3. The minimum atomic E-state index is -1.19. The number of nitrogen functional groups attached to an aromatic ring is 1. The van der Waals surface area contributed by atoms with Crippen molar-refractivity contribution in [2.45, 2.75) is 57.3 Å². The van der Waals surface area contributed by atoms with Gasteiger partial charge in [-0.2, -0.15) is 0 Å². The van der Waals surface area contributed by atoms with Crippen LogP contribution in [0.25, 0.3) is 11.2 Å². The molecule has 200 valence electrons. The number of carbonyl (C=O) groups is 1. The molecule has 3 aromatic rings. The van der Waals surface area contributed by atoms with E-state index in [1.54, 1.807) is 0 Å². The molecule has 0 aliphatic carbocycles. The Morgan fingerprint density at radius 1 is 1.19 bits per heavy atom. The summed E-state index contributed by atoms with van der Waals surface area (Å²) in [4.78, 5) is 26.2. The van der Waals surface area contributed by atoms with Crippen LogP contribution in [0, 0.1) is 0 Å². The van der Waals surface area contributed by atoms with Gasteiger partial charge >= 0.3 is 6.09 Å². The van der Waals surface area contributed by atoms with E-state index in [1.807, 2.05) is 24.1 Å². The number of carbonyl (C=O) groups excluding carboxylic acids is 1. The number of aromatic nitrogens is 4. The lowest BCUT2D eigenvalue weighted by atomic mass is 9.87. The Bertz CT molecular complexity index is 1210. The van der Waals surface area contributed by atoms with E-state index in [1.165, 1.54) is 22.8 Å². The molecule has 0 spiro atoms. The Hall–Kier alpha value is -3.32. The first-order valence-corrected chi connectivity index (χ1v) is 12.2. The molecule has 1 aromatic carbocycles. The van der Waals surface area contributed by atoms with Crippen molar-refractivity contribution in [1.82, 2.24) is 29.7 Å². The van der Waals surface area contributed by atoms with Crippen molar-refractivity contribution in [3.63, 3.8) is 0 Å². The van der Waals surface area contributed by atoms with Gasteiger partial charge in [-0.15, -0.1) is 0 Å². The average Bonchev–Trinajstić information content (AvgIpc) is 3.40. The highest BCUT2D eigenvalue weighted by atomic mass is 16.6. The molecule has 5 N–H and O–H groups in total. The number of aliphatic hydroxyl groups excluding tert-OH is 2. The maximum Gasteiger partial charge on any atom is 0.407 e. The lowest BCUT2D eigenvalue weighted by Crippen LogP contribution is -2.40. The molecular weight excluding hydrogens is 478 g/mol. The largest absolute Gasteiger partial charge is 0.448 e. The van der Waals surface area contributed by atoms with Crippen molar-refractivity contribution < 1.29 is 24.5 Å². The number of likely N-dealkylation sites (N-methyl/N-ethyl adjacent to an activating group) is 1.